The molecule has 2 rings (SSSR count). The fourth-order valence-corrected chi connectivity index (χ4v) is 2.33. The molecule has 0 aliphatic heterocycles. The van der Waals surface area contributed by atoms with Crippen LogP contribution in [0.1, 0.15) is 17.0 Å². The lowest BCUT2D eigenvalue weighted by Gasteiger charge is -2.09. The van der Waals surface area contributed by atoms with Crippen LogP contribution < -0.4 is 0 Å². The van der Waals surface area contributed by atoms with Crippen molar-refractivity contribution < 1.29 is 5.21 Å². The first-order chi connectivity index (χ1) is 8.13. The van der Waals surface area contributed by atoms with Crippen LogP contribution in [-0.2, 0) is 0 Å². The van der Waals surface area contributed by atoms with Gasteiger partial charge in [-0.15, -0.1) is 0 Å². The van der Waals surface area contributed by atoms with Gasteiger partial charge in [-0.1, -0.05) is 5.16 Å². The lowest BCUT2D eigenvalue weighted by atomic mass is 10.2. The quantitative estimate of drug-likeness (QED) is 0.386. The third-order valence-corrected chi connectivity index (χ3v) is 3.47. The number of aryl methyl sites for hydroxylation is 1. The third kappa shape index (κ3) is 2.36. The van der Waals surface area contributed by atoms with Crippen LogP contribution >= 0.6 is 22.6 Å². The molecule has 17 heavy (non-hydrogen) atoms. The molecule has 0 fully saturated rings. The molecule has 0 saturated heterocycles. The first-order valence-corrected chi connectivity index (χ1v) is 6.33. The number of aromatic nitrogens is 1. The van der Waals surface area contributed by atoms with Gasteiger partial charge in [0.25, 0.3) is 0 Å². The summed E-state index contributed by atoms with van der Waals surface area (Å²) in [6.45, 7) is 4.06. The minimum atomic E-state index is 0.934. The molecule has 1 aromatic carbocycles. The van der Waals surface area contributed by atoms with Gasteiger partial charge in [-0.05, 0) is 66.8 Å². The predicted molar refractivity (Wildman–Crippen MR) is 77.3 cm³/mol. The summed E-state index contributed by atoms with van der Waals surface area (Å²) < 4.78 is 3.36. The Bertz CT molecular complexity index is 556. The second-order valence-corrected chi connectivity index (χ2v) is 5.13. The van der Waals surface area contributed by atoms with E-state index in [0.29, 0.717) is 0 Å². The largest absolute Gasteiger partial charge is 0.411 e. The Morgan fingerprint density at radius 1 is 1.24 bits per heavy atom. The summed E-state index contributed by atoms with van der Waals surface area (Å²) in [4.78, 5) is 0. The molecule has 0 amide bonds. The zero-order valence-corrected chi connectivity index (χ0v) is 11.8. The molecule has 0 saturated carbocycles. The molecule has 0 atom stereocenters. The van der Waals surface area contributed by atoms with Gasteiger partial charge in [-0.25, -0.2) is 0 Å². The topological polar surface area (TPSA) is 37.5 Å². The van der Waals surface area contributed by atoms with Gasteiger partial charge in [0.1, 0.15) is 0 Å². The van der Waals surface area contributed by atoms with Crippen molar-refractivity contribution in [3.05, 3.63) is 50.9 Å². The molecule has 1 heterocycles. The molecule has 0 radical (unpaired) electrons. The van der Waals surface area contributed by atoms with Crippen LogP contribution in [-0.4, -0.2) is 16.0 Å². The van der Waals surface area contributed by atoms with Crippen LogP contribution in [0.2, 0.25) is 0 Å². The summed E-state index contributed by atoms with van der Waals surface area (Å²) in [5, 5.41) is 11.7. The standard InChI is InChI=1S/C13H13IN2O/c1-9-7-11(8-15-17)10(2)16(9)13-5-3-12(14)4-6-13/h3-8,17H,1-2H3/b15-8+. The molecule has 1 N–H and O–H groups in total. The average Bonchev–Trinajstić information content (AvgIpc) is 2.57. The lowest BCUT2D eigenvalue weighted by molar-refractivity contribution is 0.322. The highest BCUT2D eigenvalue weighted by molar-refractivity contribution is 14.1. The minimum Gasteiger partial charge on any atom is -0.411 e. The first kappa shape index (κ1) is 12.2. The molecular formula is C13H13IN2O. The number of hydrogen-bond donors (Lipinski definition) is 1. The third-order valence-electron chi connectivity index (χ3n) is 2.75. The highest BCUT2D eigenvalue weighted by Crippen LogP contribution is 2.20. The second kappa shape index (κ2) is 4.91. The molecule has 0 aliphatic carbocycles. The second-order valence-electron chi connectivity index (χ2n) is 3.88. The van der Waals surface area contributed by atoms with Crippen LogP contribution in [0.5, 0.6) is 0 Å². The molecule has 0 spiro atoms. The van der Waals surface area contributed by atoms with Gasteiger partial charge in [-0.3, -0.25) is 0 Å². The number of benzene rings is 1. The Morgan fingerprint density at radius 2 is 1.88 bits per heavy atom. The van der Waals surface area contributed by atoms with Crippen LogP contribution in [0.25, 0.3) is 5.69 Å². The van der Waals surface area contributed by atoms with Crippen molar-refractivity contribution in [2.24, 2.45) is 5.16 Å². The zero-order valence-electron chi connectivity index (χ0n) is 9.68. The van der Waals surface area contributed by atoms with E-state index < -0.39 is 0 Å². The normalized spacial score (nSPS) is 11.2. The molecule has 1 aromatic heterocycles. The number of rotatable bonds is 2. The van der Waals surface area contributed by atoms with E-state index in [1.165, 1.54) is 9.78 Å². The van der Waals surface area contributed by atoms with Crippen molar-refractivity contribution in [3.63, 3.8) is 0 Å². The summed E-state index contributed by atoms with van der Waals surface area (Å²) in [5.74, 6) is 0. The highest BCUT2D eigenvalue weighted by atomic mass is 127. The van der Waals surface area contributed by atoms with Crippen LogP contribution in [0.15, 0.2) is 35.5 Å². The Hall–Kier alpha value is -1.30. The van der Waals surface area contributed by atoms with Gasteiger partial charge >= 0.3 is 0 Å². The number of halogens is 1. The van der Waals surface area contributed by atoms with E-state index in [2.05, 4.69) is 56.6 Å². The van der Waals surface area contributed by atoms with Crippen molar-refractivity contribution in [1.29, 1.82) is 0 Å². The van der Waals surface area contributed by atoms with Crippen LogP contribution in [0.3, 0.4) is 0 Å². The van der Waals surface area contributed by atoms with Crippen molar-refractivity contribution >= 4 is 28.8 Å². The van der Waals surface area contributed by atoms with Gasteiger partial charge in [-0.2, -0.15) is 0 Å². The lowest BCUT2D eigenvalue weighted by Crippen LogP contribution is -1.99. The Balaban J connectivity index is 2.55. The van der Waals surface area contributed by atoms with Gasteiger partial charge in [0, 0.05) is 26.2 Å². The maximum Gasteiger partial charge on any atom is 0.0752 e. The first-order valence-electron chi connectivity index (χ1n) is 5.26. The van der Waals surface area contributed by atoms with Gasteiger partial charge in [0.05, 0.1) is 6.21 Å². The van der Waals surface area contributed by atoms with Crippen molar-refractivity contribution in [2.75, 3.05) is 0 Å². The smallest absolute Gasteiger partial charge is 0.0752 e. The van der Waals surface area contributed by atoms with Crippen molar-refractivity contribution in [3.8, 4) is 5.69 Å². The van der Waals surface area contributed by atoms with E-state index in [9.17, 15) is 0 Å². The van der Waals surface area contributed by atoms with Crippen molar-refractivity contribution in [1.82, 2.24) is 4.57 Å². The highest BCUT2D eigenvalue weighted by Gasteiger charge is 2.09. The molecule has 4 heteroatoms. The maximum atomic E-state index is 8.61. The van der Waals surface area contributed by atoms with E-state index in [-0.39, 0.29) is 0 Å². The molecule has 3 nitrogen and oxygen atoms in total. The van der Waals surface area contributed by atoms with E-state index in [1.807, 2.05) is 19.9 Å². The number of nitrogens with zero attached hydrogens (tertiary/aromatic N) is 2. The number of oxime groups is 1. The fourth-order valence-electron chi connectivity index (χ4n) is 1.97. The van der Waals surface area contributed by atoms with Gasteiger partial charge in [0.15, 0.2) is 0 Å². The van der Waals surface area contributed by atoms with E-state index in [1.54, 1.807) is 0 Å². The van der Waals surface area contributed by atoms with Crippen LogP contribution in [0, 0.1) is 17.4 Å². The monoisotopic (exact) mass is 340 g/mol. The zero-order chi connectivity index (χ0) is 12.4. The van der Waals surface area contributed by atoms with E-state index in [0.717, 1.165) is 22.6 Å². The van der Waals surface area contributed by atoms with Crippen molar-refractivity contribution in [2.45, 2.75) is 13.8 Å². The average molecular weight is 340 g/mol. The fraction of sp³-hybridized carbons (Fsp3) is 0.154. The number of hydrogen-bond acceptors (Lipinski definition) is 2. The molecular weight excluding hydrogens is 327 g/mol. The Labute approximate surface area is 114 Å². The molecule has 2 aromatic rings. The minimum absolute atomic E-state index is 0.934. The summed E-state index contributed by atoms with van der Waals surface area (Å²) in [6.07, 6.45) is 1.46. The van der Waals surface area contributed by atoms with Crippen LogP contribution in [0.4, 0.5) is 0 Å². The van der Waals surface area contributed by atoms with E-state index in [4.69, 9.17) is 5.21 Å². The molecule has 0 unspecified atom stereocenters. The SMILES string of the molecule is Cc1cc(/C=N/O)c(C)n1-c1ccc(I)cc1. The Morgan fingerprint density at radius 3 is 2.47 bits per heavy atom. The summed E-state index contributed by atoms with van der Waals surface area (Å²) in [5.41, 5.74) is 4.25. The van der Waals surface area contributed by atoms with Gasteiger partial charge in [0.2, 0.25) is 0 Å². The summed E-state index contributed by atoms with van der Waals surface area (Å²) in [7, 11) is 0. The summed E-state index contributed by atoms with van der Waals surface area (Å²) in [6, 6.07) is 10.3. The molecule has 0 aliphatic rings. The summed E-state index contributed by atoms with van der Waals surface area (Å²) >= 11 is 2.29. The van der Waals surface area contributed by atoms with E-state index >= 15 is 0 Å². The maximum absolute atomic E-state index is 8.61. The Kier molecular flexibility index (Phi) is 3.51. The van der Waals surface area contributed by atoms with Gasteiger partial charge < -0.3 is 9.77 Å². The molecule has 88 valence electrons. The predicted octanol–water partition coefficient (Wildman–Crippen LogP) is 3.51. The molecule has 0 bridgehead atoms.